The van der Waals surface area contributed by atoms with E-state index < -0.39 is 0 Å². The van der Waals surface area contributed by atoms with Crippen molar-refractivity contribution < 1.29 is 0 Å². The van der Waals surface area contributed by atoms with Crippen LogP contribution in [-0.2, 0) is 0 Å². The van der Waals surface area contributed by atoms with Crippen LogP contribution in [0.25, 0.3) is 0 Å². The molecule has 0 spiro atoms. The molecule has 2 rings (SSSR count). The number of thiophene rings is 1. The summed E-state index contributed by atoms with van der Waals surface area (Å²) in [7, 11) is 0. The summed E-state index contributed by atoms with van der Waals surface area (Å²) < 4.78 is 2.99. The molecular formula is C11H5Br3Cl2S. The highest BCUT2D eigenvalue weighted by Gasteiger charge is 2.16. The van der Waals surface area contributed by atoms with Crippen LogP contribution in [0.2, 0.25) is 5.02 Å². The average Bonchev–Trinajstić information content (AvgIpc) is 2.57. The molecule has 0 radical (unpaired) electrons. The van der Waals surface area contributed by atoms with E-state index in [4.69, 9.17) is 23.2 Å². The monoisotopic (exact) mass is 476 g/mol. The lowest BCUT2D eigenvalue weighted by atomic mass is 10.1. The molecule has 1 aromatic heterocycles. The van der Waals surface area contributed by atoms with Crippen molar-refractivity contribution in [3.63, 3.8) is 0 Å². The van der Waals surface area contributed by atoms with Gasteiger partial charge in [-0.05, 0) is 61.7 Å². The van der Waals surface area contributed by atoms with Crippen molar-refractivity contribution in [1.82, 2.24) is 0 Å². The molecule has 90 valence electrons. The third-order valence-electron chi connectivity index (χ3n) is 2.09. The van der Waals surface area contributed by atoms with Gasteiger partial charge in [-0.2, -0.15) is 0 Å². The summed E-state index contributed by atoms with van der Waals surface area (Å²) in [5.74, 6) is 0. The highest BCUT2D eigenvalue weighted by molar-refractivity contribution is 9.13. The van der Waals surface area contributed by atoms with Crippen LogP contribution in [-0.4, -0.2) is 0 Å². The van der Waals surface area contributed by atoms with Crippen molar-refractivity contribution in [2.24, 2.45) is 0 Å². The third kappa shape index (κ3) is 3.48. The Morgan fingerprint density at radius 3 is 2.29 bits per heavy atom. The quantitative estimate of drug-likeness (QED) is 0.406. The van der Waals surface area contributed by atoms with Gasteiger partial charge in [-0.3, -0.25) is 0 Å². The molecule has 6 heteroatoms. The first-order valence-corrected chi connectivity index (χ1v) is 8.53. The Labute approximate surface area is 139 Å². The van der Waals surface area contributed by atoms with E-state index in [9.17, 15) is 0 Å². The van der Waals surface area contributed by atoms with Crippen molar-refractivity contribution in [3.05, 3.63) is 52.5 Å². The van der Waals surface area contributed by atoms with E-state index in [2.05, 4.69) is 47.8 Å². The molecule has 0 N–H and O–H groups in total. The molecule has 1 atom stereocenters. The summed E-state index contributed by atoms with van der Waals surface area (Å²) in [5, 5.41) is 0.479. The van der Waals surface area contributed by atoms with Crippen LogP contribution < -0.4 is 0 Å². The fourth-order valence-electron chi connectivity index (χ4n) is 1.37. The second-order valence-corrected chi connectivity index (χ2v) is 8.38. The maximum Gasteiger partial charge on any atom is 0.0929 e. The molecule has 0 saturated carbocycles. The van der Waals surface area contributed by atoms with Gasteiger partial charge in [-0.1, -0.05) is 27.5 Å². The average molecular weight is 480 g/mol. The van der Waals surface area contributed by atoms with Crippen LogP contribution in [0.15, 0.2) is 37.0 Å². The molecule has 17 heavy (non-hydrogen) atoms. The van der Waals surface area contributed by atoms with Crippen LogP contribution in [0.4, 0.5) is 0 Å². The molecule has 0 bridgehead atoms. The summed E-state index contributed by atoms with van der Waals surface area (Å²) in [6, 6.07) is 7.72. The van der Waals surface area contributed by atoms with Crippen molar-refractivity contribution in [3.8, 4) is 0 Å². The summed E-state index contributed by atoms with van der Waals surface area (Å²) in [4.78, 5) is 1.07. The van der Waals surface area contributed by atoms with Gasteiger partial charge in [0.05, 0.1) is 9.16 Å². The molecule has 0 aliphatic rings. The second-order valence-electron chi connectivity index (χ2n) is 3.34. The zero-order valence-corrected chi connectivity index (χ0v) is 15.3. The van der Waals surface area contributed by atoms with Gasteiger partial charge in [0.1, 0.15) is 0 Å². The van der Waals surface area contributed by atoms with E-state index >= 15 is 0 Å². The molecule has 0 aliphatic carbocycles. The Morgan fingerprint density at radius 2 is 1.76 bits per heavy atom. The van der Waals surface area contributed by atoms with E-state index in [0.29, 0.717) is 5.02 Å². The standard InChI is InChI=1S/C11H5Br3Cl2S/c12-6-1-5(2-7(15)3-6)10(16)9-4-8(13)11(14)17-9/h1-4,10H. The predicted octanol–water partition coefficient (Wildman–Crippen LogP) is 7.02. The predicted molar refractivity (Wildman–Crippen MR) is 86.6 cm³/mol. The first kappa shape index (κ1) is 14.4. The van der Waals surface area contributed by atoms with E-state index in [0.717, 1.165) is 23.2 Å². The molecule has 0 aliphatic heterocycles. The lowest BCUT2D eigenvalue weighted by Crippen LogP contribution is -1.90. The molecule has 1 heterocycles. The Balaban J connectivity index is 2.39. The minimum atomic E-state index is -0.197. The van der Waals surface area contributed by atoms with Gasteiger partial charge >= 0.3 is 0 Å². The zero-order chi connectivity index (χ0) is 12.6. The van der Waals surface area contributed by atoms with Crippen molar-refractivity contribution >= 4 is 82.3 Å². The SMILES string of the molecule is Clc1cc(Br)cc(C(Cl)c2cc(Br)c(Br)s2)c1. The number of halogens is 5. The van der Waals surface area contributed by atoms with Crippen molar-refractivity contribution in [2.75, 3.05) is 0 Å². The number of alkyl halides is 1. The molecule has 0 fully saturated rings. The summed E-state index contributed by atoms with van der Waals surface area (Å²) >= 11 is 24.4. The Bertz CT molecular complexity index is 514. The van der Waals surface area contributed by atoms with Crippen LogP contribution in [0.3, 0.4) is 0 Å². The normalized spacial score (nSPS) is 12.8. The maximum absolute atomic E-state index is 6.45. The fraction of sp³-hybridized carbons (Fsp3) is 0.0909. The van der Waals surface area contributed by atoms with E-state index in [1.54, 1.807) is 11.3 Å². The Kier molecular flexibility index (Phi) is 5.01. The third-order valence-corrected chi connectivity index (χ3v) is 6.71. The van der Waals surface area contributed by atoms with Crippen molar-refractivity contribution in [1.29, 1.82) is 0 Å². The largest absolute Gasteiger partial charge is 0.130 e. The number of hydrogen-bond acceptors (Lipinski definition) is 1. The summed E-state index contributed by atoms with van der Waals surface area (Å²) in [6.07, 6.45) is 0. The molecule has 0 saturated heterocycles. The Hall–Kier alpha value is 0.940. The molecule has 2 aromatic rings. The zero-order valence-electron chi connectivity index (χ0n) is 8.18. The summed E-state index contributed by atoms with van der Waals surface area (Å²) in [5.41, 5.74) is 0.979. The first-order valence-electron chi connectivity index (χ1n) is 4.52. The number of hydrogen-bond donors (Lipinski definition) is 0. The van der Waals surface area contributed by atoms with Gasteiger partial charge < -0.3 is 0 Å². The fourth-order valence-corrected chi connectivity index (χ4v) is 4.68. The minimum absolute atomic E-state index is 0.197. The minimum Gasteiger partial charge on any atom is -0.130 e. The summed E-state index contributed by atoms with van der Waals surface area (Å²) in [6.45, 7) is 0. The van der Waals surface area contributed by atoms with Gasteiger partial charge in [-0.25, -0.2) is 0 Å². The smallest absolute Gasteiger partial charge is 0.0929 e. The molecule has 1 aromatic carbocycles. The van der Waals surface area contributed by atoms with Gasteiger partial charge in [0.25, 0.3) is 0 Å². The maximum atomic E-state index is 6.45. The Morgan fingerprint density at radius 1 is 1.06 bits per heavy atom. The van der Waals surface area contributed by atoms with E-state index in [1.165, 1.54) is 0 Å². The van der Waals surface area contributed by atoms with Gasteiger partial charge in [0.2, 0.25) is 0 Å². The van der Waals surface area contributed by atoms with Crippen molar-refractivity contribution in [2.45, 2.75) is 5.38 Å². The number of rotatable bonds is 2. The molecule has 0 nitrogen and oxygen atoms in total. The highest BCUT2D eigenvalue weighted by atomic mass is 79.9. The lowest BCUT2D eigenvalue weighted by Gasteiger charge is -2.08. The molecule has 1 unspecified atom stereocenters. The lowest BCUT2D eigenvalue weighted by molar-refractivity contribution is 1.18. The van der Waals surface area contributed by atoms with E-state index in [-0.39, 0.29) is 5.38 Å². The van der Waals surface area contributed by atoms with Crippen LogP contribution >= 0.6 is 82.3 Å². The van der Waals surface area contributed by atoms with Crippen LogP contribution in [0.1, 0.15) is 15.8 Å². The van der Waals surface area contributed by atoms with Crippen LogP contribution in [0, 0.1) is 0 Å². The second kappa shape index (κ2) is 5.93. The first-order chi connectivity index (χ1) is 7.97. The highest BCUT2D eigenvalue weighted by Crippen LogP contribution is 2.41. The van der Waals surface area contributed by atoms with Gasteiger partial charge in [0, 0.05) is 18.8 Å². The molecule has 0 amide bonds. The molecular weight excluding hydrogens is 475 g/mol. The van der Waals surface area contributed by atoms with Crippen LogP contribution in [0.5, 0.6) is 0 Å². The van der Waals surface area contributed by atoms with Gasteiger partial charge in [-0.15, -0.1) is 22.9 Å². The van der Waals surface area contributed by atoms with E-state index in [1.807, 2.05) is 24.3 Å². The topological polar surface area (TPSA) is 0 Å². The number of benzene rings is 1. The van der Waals surface area contributed by atoms with Gasteiger partial charge in [0.15, 0.2) is 0 Å².